The molecule has 0 aliphatic rings. The molecule has 0 radical (unpaired) electrons. The molecular weight excluding hydrogens is 395 g/mol. The largest absolute Gasteiger partial charge is 0.350 e. The summed E-state index contributed by atoms with van der Waals surface area (Å²) in [6.07, 6.45) is 0.136. The number of rotatable bonds is 6. The average Bonchev–Trinajstić information content (AvgIpc) is 2.61. The molecule has 0 aromatic heterocycles. The van der Waals surface area contributed by atoms with Crippen LogP contribution in [0.1, 0.15) is 38.8 Å². The van der Waals surface area contributed by atoms with Crippen molar-refractivity contribution in [2.24, 2.45) is 0 Å². The number of halogens is 2. The molecule has 2 aromatic carbocycles. The van der Waals surface area contributed by atoms with E-state index < -0.39 is 6.04 Å². The maximum atomic E-state index is 13.1. The van der Waals surface area contributed by atoms with Gasteiger partial charge in [0.05, 0.1) is 16.5 Å². The predicted octanol–water partition coefficient (Wildman–Crippen LogP) is 4.87. The number of carbonyl (C=O) groups excluding carboxylic acids is 2. The lowest BCUT2D eigenvalue weighted by Gasteiger charge is -2.31. The van der Waals surface area contributed by atoms with E-state index in [1.165, 1.54) is 0 Å². The number of nitrogens with one attached hydrogen (secondary N) is 1. The molecule has 0 aliphatic carbocycles. The maximum absolute atomic E-state index is 13.1. The second-order valence-corrected chi connectivity index (χ2v) is 8.66. The zero-order valence-electron chi connectivity index (χ0n) is 16.6. The first-order chi connectivity index (χ1) is 13.1. The van der Waals surface area contributed by atoms with Crippen molar-refractivity contribution in [3.8, 4) is 0 Å². The van der Waals surface area contributed by atoms with Crippen molar-refractivity contribution < 1.29 is 9.59 Å². The maximum Gasteiger partial charge on any atom is 0.242 e. The normalized spacial score (nSPS) is 12.4. The standard InChI is InChI=1S/C22H26Cl2N2O2/c1-15(21(28)25-22(2,3)4)26(14-16-8-6-5-7-9-16)20(27)13-17-10-11-18(23)19(24)12-17/h5-12,15H,13-14H2,1-4H3,(H,25,28)/t15-/m0/s1. The molecule has 0 spiro atoms. The Hall–Kier alpha value is -2.04. The summed E-state index contributed by atoms with van der Waals surface area (Å²) >= 11 is 12.0. The lowest BCUT2D eigenvalue weighted by Crippen LogP contribution is -2.52. The second-order valence-electron chi connectivity index (χ2n) is 7.85. The van der Waals surface area contributed by atoms with Crippen molar-refractivity contribution in [1.29, 1.82) is 0 Å². The smallest absolute Gasteiger partial charge is 0.242 e. The van der Waals surface area contributed by atoms with Gasteiger partial charge in [0, 0.05) is 12.1 Å². The van der Waals surface area contributed by atoms with Crippen LogP contribution >= 0.6 is 23.2 Å². The molecule has 0 saturated carbocycles. The Labute approximate surface area is 176 Å². The van der Waals surface area contributed by atoms with Crippen molar-refractivity contribution in [3.63, 3.8) is 0 Å². The van der Waals surface area contributed by atoms with Crippen LogP contribution < -0.4 is 5.32 Å². The molecule has 2 rings (SSSR count). The fourth-order valence-electron chi connectivity index (χ4n) is 2.76. The van der Waals surface area contributed by atoms with E-state index in [0.29, 0.717) is 16.6 Å². The number of amides is 2. The molecule has 150 valence electrons. The number of carbonyl (C=O) groups is 2. The Balaban J connectivity index is 2.24. The van der Waals surface area contributed by atoms with Crippen LogP contribution in [0, 0.1) is 0 Å². The Kier molecular flexibility index (Phi) is 7.50. The van der Waals surface area contributed by atoms with Gasteiger partial charge in [-0.3, -0.25) is 9.59 Å². The van der Waals surface area contributed by atoms with E-state index in [1.54, 1.807) is 30.0 Å². The Morgan fingerprint density at radius 2 is 1.64 bits per heavy atom. The fourth-order valence-corrected chi connectivity index (χ4v) is 3.08. The summed E-state index contributed by atoms with van der Waals surface area (Å²) in [6.45, 7) is 7.83. The fraction of sp³-hybridized carbons (Fsp3) is 0.364. The molecule has 0 fully saturated rings. The Morgan fingerprint density at radius 1 is 1.00 bits per heavy atom. The number of hydrogen-bond donors (Lipinski definition) is 1. The molecule has 0 aliphatic heterocycles. The summed E-state index contributed by atoms with van der Waals surface area (Å²) in [6, 6.07) is 14.1. The van der Waals surface area contributed by atoms with Crippen molar-refractivity contribution in [2.75, 3.05) is 0 Å². The molecular formula is C22H26Cl2N2O2. The number of hydrogen-bond acceptors (Lipinski definition) is 2. The van der Waals surface area contributed by atoms with Crippen LogP contribution in [0.5, 0.6) is 0 Å². The van der Waals surface area contributed by atoms with Gasteiger partial charge in [-0.05, 0) is 51.0 Å². The lowest BCUT2D eigenvalue weighted by molar-refractivity contribution is -0.140. The molecule has 4 nitrogen and oxygen atoms in total. The van der Waals surface area contributed by atoms with Crippen molar-refractivity contribution in [3.05, 3.63) is 69.7 Å². The van der Waals surface area contributed by atoms with Crippen LogP contribution in [0.4, 0.5) is 0 Å². The molecule has 2 amide bonds. The second kappa shape index (κ2) is 9.44. The van der Waals surface area contributed by atoms with Crippen LogP contribution in [-0.4, -0.2) is 28.3 Å². The van der Waals surface area contributed by atoms with E-state index in [2.05, 4.69) is 5.32 Å². The molecule has 0 saturated heterocycles. The van der Waals surface area contributed by atoms with E-state index in [4.69, 9.17) is 23.2 Å². The summed E-state index contributed by atoms with van der Waals surface area (Å²) in [5, 5.41) is 3.79. The van der Waals surface area contributed by atoms with Crippen molar-refractivity contribution >= 4 is 35.0 Å². The van der Waals surface area contributed by atoms with Gasteiger partial charge >= 0.3 is 0 Å². The highest BCUT2D eigenvalue weighted by atomic mass is 35.5. The highest BCUT2D eigenvalue weighted by molar-refractivity contribution is 6.42. The van der Waals surface area contributed by atoms with Gasteiger partial charge in [0.2, 0.25) is 11.8 Å². The van der Waals surface area contributed by atoms with E-state index in [9.17, 15) is 9.59 Å². The summed E-state index contributed by atoms with van der Waals surface area (Å²) in [7, 11) is 0. The first-order valence-electron chi connectivity index (χ1n) is 9.16. The van der Waals surface area contributed by atoms with Crippen molar-refractivity contribution in [1.82, 2.24) is 10.2 Å². The summed E-state index contributed by atoms with van der Waals surface area (Å²) in [4.78, 5) is 27.4. The van der Waals surface area contributed by atoms with Gasteiger partial charge in [-0.15, -0.1) is 0 Å². The molecule has 0 heterocycles. The molecule has 1 N–H and O–H groups in total. The Bertz CT molecular complexity index is 832. The third-order valence-corrected chi connectivity index (χ3v) is 4.94. The van der Waals surface area contributed by atoms with E-state index in [0.717, 1.165) is 11.1 Å². The third-order valence-electron chi connectivity index (χ3n) is 4.20. The van der Waals surface area contributed by atoms with Gasteiger partial charge in [-0.1, -0.05) is 59.6 Å². The monoisotopic (exact) mass is 420 g/mol. The quantitative estimate of drug-likeness (QED) is 0.724. The molecule has 1 atom stereocenters. The third kappa shape index (κ3) is 6.54. The SMILES string of the molecule is C[C@@H](C(=O)NC(C)(C)C)N(Cc1ccccc1)C(=O)Cc1ccc(Cl)c(Cl)c1. The van der Waals surface area contributed by atoms with Crippen molar-refractivity contribution in [2.45, 2.75) is 52.2 Å². The van der Waals surface area contributed by atoms with Gasteiger partial charge in [0.25, 0.3) is 0 Å². The predicted molar refractivity (Wildman–Crippen MR) is 115 cm³/mol. The van der Waals surface area contributed by atoms with Crippen LogP contribution in [0.2, 0.25) is 10.0 Å². The van der Waals surface area contributed by atoms with Crippen LogP contribution in [0.25, 0.3) is 0 Å². The van der Waals surface area contributed by atoms with Crippen LogP contribution in [0.3, 0.4) is 0 Å². The first kappa shape index (κ1) is 22.3. The minimum Gasteiger partial charge on any atom is -0.350 e. The van der Waals surface area contributed by atoms with Gasteiger partial charge in [-0.25, -0.2) is 0 Å². The molecule has 0 bridgehead atoms. The Morgan fingerprint density at radius 3 is 2.21 bits per heavy atom. The topological polar surface area (TPSA) is 49.4 Å². The molecule has 28 heavy (non-hydrogen) atoms. The first-order valence-corrected chi connectivity index (χ1v) is 9.92. The van der Waals surface area contributed by atoms with Crippen LogP contribution in [-0.2, 0) is 22.6 Å². The van der Waals surface area contributed by atoms with E-state index in [1.807, 2.05) is 51.1 Å². The van der Waals surface area contributed by atoms with Gasteiger partial charge in [-0.2, -0.15) is 0 Å². The molecule has 2 aromatic rings. The summed E-state index contributed by atoms with van der Waals surface area (Å²) in [5.41, 5.74) is 1.33. The number of nitrogens with zero attached hydrogens (tertiary/aromatic N) is 1. The van der Waals surface area contributed by atoms with Gasteiger partial charge < -0.3 is 10.2 Å². The summed E-state index contributed by atoms with van der Waals surface area (Å²) in [5.74, 6) is -0.343. The lowest BCUT2D eigenvalue weighted by atomic mass is 10.1. The number of benzene rings is 2. The van der Waals surface area contributed by atoms with E-state index >= 15 is 0 Å². The minimum absolute atomic E-state index is 0.136. The van der Waals surface area contributed by atoms with Gasteiger partial charge in [0.1, 0.15) is 6.04 Å². The van der Waals surface area contributed by atoms with Gasteiger partial charge in [0.15, 0.2) is 0 Å². The highest BCUT2D eigenvalue weighted by Gasteiger charge is 2.28. The highest BCUT2D eigenvalue weighted by Crippen LogP contribution is 2.23. The average molecular weight is 421 g/mol. The zero-order chi connectivity index (χ0) is 20.9. The molecule has 6 heteroatoms. The zero-order valence-corrected chi connectivity index (χ0v) is 18.1. The minimum atomic E-state index is -0.616. The molecule has 0 unspecified atom stereocenters. The summed E-state index contributed by atoms with van der Waals surface area (Å²) < 4.78 is 0. The van der Waals surface area contributed by atoms with E-state index in [-0.39, 0.29) is 23.8 Å². The van der Waals surface area contributed by atoms with Crippen LogP contribution in [0.15, 0.2) is 48.5 Å².